The Morgan fingerprint density at radius 1 is 1.00 bits per heavy atom. The lowest BCUT2D eigenvalue weighted by Crippen LogP contribution is -2.22. The third-order valence-corrected chi connectivity index (χ3v) is 2.64. The van der Waals surface area contributed by atoms with Gasteiger partial charge in [0.1, 0.15) is 0 Å². The van der Waals surface area contributed by atoms with Gasteiger partial charge in [-0.2, -0.15) is 13.2 Å². The number of hydrogen-bond acceptors (Lipinski definition) is 3. The summed E-state index contributed by atoms with van der Waals surface area (Å²) in [4.78, 5) is 11.0. The van der Waals surface area contributed by atoms with Crippen molar-refractivity contribution in [2.75, 3.05) is 11.1 Å². The van der Waals surface area contributed by atoms with E-state index in [4.69, 9.17) is 5.73 Å². The minimum atomic E-state index is -4.86. The quantitative estimate of drug-likeness (QED) is 0.665. The molecule has 0 aliphatic heterocycles. The van der Waals surface area contributed by atoms with Crippen molar-refractivity contribution < 1.29 is 18.0 Å². The van der Waals surface area contributed by atoms with Crippen molar-refractivity contribution in [3.05, 3.63) is 54.1 Å². The topological polar surface area (TPSA) is 55.1 Å². The fourth-order valence-corrected chi connectivity index (χ4v) is 1.63. The Balaban J connectivity index is 2.17. The van der Waals surface area contributed by atoms with Gasteiger partial charge in [-0.05, 0) is 36.4 Å². The van der Waals surface area contributed by atoms with E-state index in [9.17, 15) is 18.0 Å². The van der Waals surface area contributed by atoms with Crippen molar-refractivity contribution in [3.63, 3.8) is 0 Å². The number of anilines is 3. The van der Waals surface area contributed by atoms with Crippen LogP contribution in [0, 0.1) is 0 Å². The largest absolute Gasteiger partial charge is 0.454 e. The summed E-state index contributed by atoms with van der Waals surface area (Å²) in [6.07, 6.45) is -4.86. The van der Waals surface area contributed by atoms with Gasteiger partial charge in [-0.3, -0.25) is 4.79 Å². The average Bonchev–Trinajstić information content (AvgIpc) is 2.40. The predicted molar refractivity (Wildman–Crippen MR) is 71.0 cm³/mol. The van der Waals surface area contributed by atoms with Crippen molar-refractivity contribution in [3.8, 4) is 0 Å². The second-order valence-electron chi connectivity index (χ2n) is 4.12. The Bertz CT molecular complexity index is 621. The van der Waals surface area contributed by atoms with Gasteiger partial charge in [-0.25, -0.2) is 0 Å². The molecule has 0 amide bonds. The standard InChI is InChI=1S/C14H11F3N2O/c15-14(16,17)13(20)9-5-7-10(8-6-9)19-12-4-2-1-3-11(12)18/h1-8,19H,18H2. The van der Waals surface area contributed by atoms with Crippen LogP contribution in [0.4, 0.5) is 30.2 Å². The van der Waals surface area contributed by atoms with E-state index < -0.39 is 17.5 Å². The number of halogens is 3. The highest BCUT2D eigenvalue weighted by atomic mass is 19.4. The monoisotopic (exact) mass is 280 g/mol. The van der Waals surface area contributed by atoms with E-state index in [1.54, 1.807) is 24.3 Å². The van der Waals surface area contributed by atoms with Crippen molar-refractivity contribution in [2.24, 2.45) is 0 Å². The van der Waals surface area contributed by atoms with E-state index in [1.165, 1.54) is 12.1 Å². The van der Waals surface area contributed by atoms with Crippen LogP contribution in [0.25, 0.3) is 0 Å². The fourth-order valence-electron chi connectivity index (χ4n) is 1.63. The minimum Gasteiger partial charge on any atom is -0.397 e. The van der Waals surface area contributed by atoms with Gasteiger partial charge in [0.2, 0.25) is 0 Å². The van der Waals surface area contributed by atoms with Gasteiger partial charge < -0.3 is 11.1 Å². The molecule has 0 unspecified atom stereocenters. The number of para-hydroxylation sites is 2. The van der Waals surface area contributed by atoms with Gasteiger partial charge in [0, 0.05) is 11.3 Å². The van der Waals surface area contributed by atoms with Crippen molar-refractivity contribution >= 4 is 22.8 Å². The van der Waals surface area contributed by atoms with Crippen molar-refractivity contribution in [1.29, 1.82) is 0 Å². The summed E-state index contributed by atoms with van der Waals surface area (Å²) in [5.41, 5.74) is 7.04. The maximum absolute atomic E-state index is 12.3. The molecular formula is C14H11F3N2O. The molecule has 2 aromatic carbocycles. The summed E-state index contributed by atoms with van der Waals surface area (Å²) in [6, 6.07) is 12.0. The van der Waals surface area contributed by atoms with E-state index in [0.29, 0.717) is 17.1 Å². The Labute approximate surface area is 113 Å². The highest BCUT2D eigenvalue weighted by Gasteiger charge is 2.39. The smallest absolute Gasteiger partial charge is 0.397 e. The zero-order valence-electron chi connectivity index (χ0n) is 10.2. The number of alkyl halides is 3. The van der Waals surface area contributed by atoms with Crippen LogP contribution in [0.1, 0.15) is 10.4 Å². The van der Waals surface area contributed by atoms with Crippen LogP contribution in [0.2, 0.25) is 0 Å². The fraction of sp³-hybridized carbons (Fsp3) is 0.0714. The first-order chi connectivity index (χ1) is 9.38. The van der Waals surface area contributed by atoms with E-state index in [0.717, 1.165) is 12.1 Å². The molecule has 0 saturated carbocycles. The Hall–Kier alpha value is -2.50. The molecule has 3 N–H and O–H groups in total. The Morgan fingerprint density at radius 2 is 1.60 bits per heavy atom. The number of rotatable bonds is 3. The predicted octanol–water partition coefficient (Wildman–Crippen LogP) is 3.76. The molecule has 0 atom stereocenters. The van der Waals surface area contributed by atoms with Crippen LogP contribution in [0.3, 0.4) is 0 Å². The molecule has 0 spiro atoms. The number of hydrogen-bond donors (Lipinski definition) is 2. The van der Waals surface area contributed by atoms with Gasteiger partial charge in [-0.1, -0.05) is 12.1 Å². The van der Waals surface area contributed by atoms with Gasteiger partial charge in [0.15, 0.2) is 0 Å². The number of nitrogen functional groups attached to an aromatic ring is 1. The molecule has 0 radical (unpaired) electrons. The first-order valence-corrected chi connectivity index (χ1v) is 5.71. The zero-order chi connectivity index (χ0) is 14.8. The van der Waals surface area contributed by atoms with Gasteiger partial charge in [0.05, 0.1) is 11.4 Å². The third-order valence-electron chi connectivity index (χ3n) is 2.64. The molecule has 0 heterocycles. The lowest BCUT2D eigenvalue weighted by atomic mass is 10.1. The molecule has 0 aliphatic carbocycles. The highest BCUT2D eigenvalue weighted by molar-refractivity contribution is 6.00. The molecule has 3 nitrogen and oxygen atoms in total. The van der Waals surface area contributed by atoms with Crippen LogP contribution in [0.5, 0.6) is 0 Å². The van der Waals surface area contributed by atoms with Gasteiger partial charge in [0.25, 0.3) is 5.78 Å². The lowest BCUT2D eigenvalue weighted by Gasteiger charge is -2.10. The molecule has 0 bridgehead atoms. The Kier molecular flexibility index (Phi) is 3.65. The summed E-state index contributed by atoms with van der Waals surface area (Å²) in [6.45, 7) is 0. The number of carbonyl (C=O) groups is 1. The van der Waals surface area contributed by atoms with Crippen LogP contribution in [-0.2, 0) is 0 Å². The zero-order valence-corrected chi connectivity index (χ0v) is 10.2. The van der Waals surface area contributed by atoms with E-state index in [-0.39, 0.29) is 0 Å². The second kappa shape index (κ2) is 5.24. The van der Waals surface area contributed by atoms with Crippen molar-refractivity contribution in [2.45, 2.75) is 6.18 Å². The molecule has 0 fully saturated rings. The molecule has 0 aliphatic rings. The molecule has 20 heavy (non-hydrogen) atoms. The molecule has 104 valence electrons. The lowest BCUT2D eigenvalue weighted by molar-refractivity contribution is -0.0885. The number of nitrogens with two attached hydrogens (primary N) is 1. The average molecular weight is 280 g/mol. The number of carbonyl (C=O) groups excluding carboxylic acids is 1. The highest BCUT2D eigenvalue weighted by Crippen LogP contribution is 2.25. The summed E-state index contributed by atoms with van der Waals surface area (Å²) < 4.78 is 36.8. The van der Waals surface area contributed by atoms with Gasteiger partial charge in [-0.15, -0.1) is 0 Å². The first-order valence-electron chi connectivity index (χ1n) is 5.71. The number of Topliss-reactive ketones (excluding diaryl/α,β-unsaturated/α-hetero) is 1. The molecular weight excluding hydrogens is 269 g/mol. The summed E-state index contributed by atoms with van der Waals surface area (Å²) in [5, 5.41) is 2.96. The Morgan fingerprint density at radius 3 is 2.15 bits per heavy atom. The van der Waals surface area contributed by atoms with E-state index in [2.05, 4.69) is 5.32 Å². The molecule has 2 rings (SSSR count). The van der Waals surface area contributed by atoms with Crippen LogP contribution < -0.4 is 11.1 Å². The molecule has 6 heteroatoms. The number of nitrogens with one attached hydrogen (secondary N) is 1. The maximum atomic E-state index is 12.3. The molecule has 0 saturated heterocycles. The number of ketones is 1. The summed E-state index contributed by atoms with van der Waals surface area (Å²) >= 11 is 0. The van der Waals surface area contributed by atoms with E-state index >= 15 is 0 Å². The third kappa shape index (κ3) is 3.09. The second-order valence-corrected chi connectivity index (χ2v) is 4.12. The molecule has 0 aromatic heterocycles. The van der Waals surface area contributed by atoms with Gasteiger partial charge >= 0.3 is 6.18 Å². The summed E-state index contributed by atoms with van der Waals surface area (Å²) in [5.74, 6) is -1.86. The number of benzene rings is 2. The SMILES string of the molecule is Nc1ccccc1Nc1ccc(C(=O)C(F)(F)F)cc1. The maximum Gasteiger partial charge on any atom is 0.454 e. The van der Waals surface area contributed by atoms with Crippen LogP contribution in [-0.4, -0.2) is 12.0 Å². The van der Waals surface area contributed by atoms with Crippen LogP contribution >= 0.6 is 0 Å². The summed E-state index contributed by atoms with van der Waals surface area (Å²) in [7, 11) is 0. The van der Waals surface area contributed by atoms with Crippen LogP contribution in [0.15, 0.2) is 48.5 Å². The minimum absolute atomic E-state index is 0.399. The van der Waals surface area contributed by atoms with E-state index in [1.807, 2.05) is 0 Å². The normalized spacial score (nSPS) is 11.2. The van der Waals surface area contributed by atoms with Crippen molar-refractivity contribution in [1.82, 2.24) is 0 Å². The molecule has 2 aromatic rings. The first kappa shape index (κ1) is 13.9.